The second-order valence-electron chi connectivity index (χ2n) is 3.62. The molecule has 1 atom stereocenters. The molecule has 1 aromatic rings. The third-order valence-electron chi connectivity index (χ3n) is 2.07. The molecular weight excluding hydrogens is 356 g/mol. The molecule has 0 saturated heterocycles. The van der Waals surface area contributed by atoms with E-state index in [4.69, 9.17) is 46.4 Å². The quantitative estimate of drug-likeness (QED) is 0.838. The molecular formula is C10H9Cl4NO3S. The molecule has 1 amide bonds. The zero-order valence-corrected chi connectivity index (χ0v) is 13.4. The van der Waals surface area contributed by atoms with E-state index in [0.29, 0.717) is 0 Å². The van der Waals surface area contributed by atoms with Gasteiger partial charge in [-0.1, -0.05) is 52.5 Å². The fourth-order valence-electron chi connectivity index (χ4n) is 1.30. The van der Waals surface area contributed by atoms with Crippen molar-refractivity contribution in [3.63, 3.8) is 0 Å². The monoisotopic (exact) mass is 363 g/mol. The summed E-state index contributed by atoms with van der Waals surface area (Å²) in [6, 6.07) is 5.45. The summed E-state index contributed by atoms with van der Waals surface area (Å²) in [6.07, 6.45) is 0. The first-order valence-electron chi connectivity index (χ1n) is 4.88. The van der Waals surface area contributed by atoms with Crippen molar-refractivity contribution in [2.24, 2.45) is 0 Å². The maximum Gasteiger partial charge on any atom is 0.225 e. The van der Waals surface area contributed by atoms with Crippen molar-refractivity contribution in [3.8, 4) is 0 Å². The second kappa shape index (κ2) is 6.06. The number of sulfone groups is 1. The van der Waals surface area contributed by atoms with Gasteiger partial charge in [0.25, 0.3) is 0 Å². The van der Waals surface area contributed by atoms with Crippen molar-refractivity contribution in [2.45, 2.75) is 21.0 Å². The van der Waals surface area contributed by atoms with Crippen molar-refractivity contribution < 1.29 is 13.2 Å². The Balaban J connectivity index is 3.32. The molecule has 0 radical (unpaired) electrons. The van der Waals surface area contributed by atoms with Gasteiger partial charge in [0.05, 0.1) is 4.90 Å². The smallest absolute Gasteiger partial charge is 0.225 e. The van der Waals surface area contributed by atoms with Crippen LogP contribution in [-0.4, -0.2) is 23.5 Å². The minimum Gasteiger partial charge on any atom is -0.336 e. The lowest BCUT2D eigenvalue weighted by molar-refractivity contribution is -0.119. The van der Waals surface area contributed by atoms with Crippen molar-refractivity contribution in [3.05, 3.63) is 29.3 Å². The second-order valence-corrected chi connectivity index (χ2v) is 8.46. The van der Waals surface area contributed by atoms with E-state index in [0.717, 1.165) is 6.92 Å². The van der Waals surface area contributed by atoms with Gasteiger partial charge in [-0.2, -0.15) is 0 Å². The van der Waals surface area contributed by atoms with Gasteiger partial charge in [0.2, 0.25) is 19.5 Å². The number of carbonyl (C=O) groups is 1. The van der Waals surface area contributed by atoms with Gasteiger partial charge >= 0.3 is 0 Å². The van der Waals surface area contributed by atoms with E-state index in [1.165, 1.54) is 24.3 Å². The molecule has 1 rings (SSSR count). The highest BCUT2D eigenvalue weighted by Gasteiger charge is 2.44. The van der Waals surface area contributed by atoms with Crippen molar-refractivity contribution in [2.75, 3.05) is 0 Å². The molecule has 4 nitrogen and oxygen atoms in total. The maximum absolute atomic E-state index is 12.3. The molecule has 1 aromatic carbocycles. The van der Waals surface area contributed by atoms with Crippen molar-refractivity contribution >= 4 is 62.1 Å². The Bertz CT molecular complexity index is 583. The van der Waals surface area contributed by atoms with Crippen LogP contribution >= 0.6 is 46.4 Å². The van der Waals surface area contributed by atoms with Crippen LogP contribution in [0.2, 0.25) is 5.02 Å². The van der Waals surface area contributed by atoms with E-state index >= 15 is 0 Å². The lowest BCUT2D eigenvalue weighted by Gasteiger charge is -2.24. The summed E-state index contributed by atoms with van der Waals surface area (Å²) in [7, 11) is -4.09. The Morgan fingerprint density at radius 2 is 1.89 bits per heavy atom. The summed E-state index contributed by atoms with van der Waals surface area (Å²) in [6.45, 7) is 1.12. The number of amides is 1. The minimum atomic E-state index is -4.09. The summed E-state index contributed by atoms with van der Waals surface area (Å²) in [5.74, 6) is -0.637. The number of benzene rings is 1. The highest BCUT2D eigenvalue weighted by Crippen LogP contribution is 2.36. The number of rotatable bonds is 3. The van der Waals surface area contributed by atoms with Crippen LogP contribution in [0, 0.1) is 0 Å². The molecule has 106 valence electrons. The molecule has 0 heterocycles. The summed E-state index contributed by atoms with van der Waals surface area (Å²) < 4.78 is 22.5. The fourth-order valence-corrected chi connectivity index (χ4v) is 4.28. The van der Waals surface area contributed by atoms with Crippen LogP contribution in [0.4, 0.5) is 0 Å². The summed E-state index contributed by atoms with van der Waals surface area (Å²) in [4.78, 5) is 10.9. The molecule has 0 saturated carbocycles. The third-order valence-corrected chi connectivity index (χ3v) is 5.35. The van der Waals surface area contributed by atoms with E-state index in [1.807, 2.05) is 0 Å². The van der Waals surface area contributed by atoms with E-state index in [1.54, 1.807) is 0 Å². The molecule has 0 aliphatic rings. The van der Waals surface area contributed by atoms with Crippen LogP contribution in [0.3, 0.4) is 0 Å². The largest absolute Gasteiger partial charge is 0.336 e. The summed E-state index contributed by atoms with van der Waals surface area (Å²) >= 11 is 22.6. The maximum atomic E-state index is 12.3. The first-order chi connectivity index (χ1) is 8.55. The summed E-state index contributed by atoms with van der Waals surface area (Å²) in [5, 5.41) is 0.620. The highest BCUT2D eigenvalue weighted by atomic mass is 35.6. The van der Waals surface area contributed by atoms with Crippen molar-refractivity contribution in [1.82, 2.24) is 5.32 Å². The molecule has 0 aliphatic carbocycles. The molecule has 9 heteroatoms. The Labute approximate surface area is 130 Å². The number of hydrogen-bond acceptors (Lipinski definition) is 3. The van der Waals surface area contributed by atoms with Gasteiger partial charge in [0.1, 0.15) is 0 Å². The third kappa shape index (κ3) is 4.39. The highest BCUT2D eigenvalue weighted by molar-refractivity contribution is 7.92. The predicted molar refractivity (Wildman–Crippen MR) is 76.5 cm³/mol. The van der Waals surface area contributed by atoms with Crippen LogP contribution in [0.1, 0.15) is 6.92 Å². The van der Waals surface area contributed by atoms with Crippen LogP contribution in [0.15, 0.2) is 29.2 Å². The van der Waals surface area contributed by atoms with E-state index in [2.05, 4.69) is 5.32 Å². The summed E-state index contributed by atoms with van der Waals surface area (Å²) in [5.41, 5.74) is 0. The van der Waals surface area contributed by atoms with Gasteiger partial charge in [0, 0.05) is 11.9 Å². The van der Waals surface area contributed by atoms with Crippen LogP contribution < -0.4 is 5.32 Å². The first-order valence-corrected chi connectivity index (χ1v) is 7.94. The molecule has 1 N–H and O–H groups in total. The molecule has 0 aromatic heterocycles. The zero-order chi connectivity index (χ0) is 14.8. The SMILES string of the molecule is CC(=O)N[C@@H](C(Cl)(Cl)Cl)S(=O)(=O)c1cccc(Cl)c1. The first kappa shape index (κ1) is 16.9. The fraction of sp³-hybridized carbons (Fsp3) is 0.300. The standard InChI is InChI=1S/C10H9Cl4NO3S/c1-6(16)15-9(10(12,13)14)19(17,18)8-4-2-3-7(11)5-8/h2-5,9H,1H3,(H,15,16)/t9-/m1/s1. The molecule has 0 spiro atoms. The van der Waals surface area contributed by atoms with E-state index in [9.17, 15) is 13.2 Å². The van der Waals surface area contributed by atoms with E-state index < -0.39 is 24.9 Å². The van der Waals surface area contributed by atoms with Gasteiger partial charge < -0.3 is 5.32 Å². The predicted octanol–water partition coefficient (Wildman–Crippen LogP) is 2.95. The number of alkyl halides is 3. The number of carbonyl (C=O) groups excluding carboxylic acids is 1. The molecule has 19 heavy (non-hydrogen) atoms. The lowest BCUT2D eigenvalue weighted by atomic mass is 10.4. The average Bonchev–Trinajstić information content (AvgIpc) is 2.24. The van der Waals surface area contributed by atoms with Crippen molar-refractivity contribution in [1.29, 1.82) is 0 Å². The normalized spacial score (nSPS) is 13.9. The molecule has 0 aliphatic heterocycles. The Hall–Kier alpha value is -0.200. The van der Waals surface area contributed by atoms with Gasteiger partial charge in [-0.05, 0) is 18.2 Å². The molecule has 0 bridgehead atoms. The van der Waals surface area contributed by atoms with Gasteiger partial charge in [-0.25, -0.2) is 8.42 Å². The molecule has 0 unspecified atom stereocenters. The Kier molecular flexibility index (Phi) is 5.37. The Morgan fingerprint density at radius 3 is 2.32 bits per heavy atom. The van der Waals surface area contributed by atoms with Crippen LogP contribution in [0.5, 0.6) is 0 Å². The van der Waals surface area contributed by atoms with Gasteiger partial charge in [0.15, 0.2) is 5.37 Å². The average molecular weight is 365 g/mol. The number of nitrogens with one attached hydrogen (secondary N) is 1. The van der Waals surface area contributed by atoms with Gasteiger partial charge in [-0.3, -0.25) is 4.79 Å². The topological polar surface area (TPSA) is 63.2 Å². The molecule has 0 fully saturated rings. The lowest BCUT2D eigenvalue weighted by Crippen LogP contribution is -2.48. The van der Waals surface area contributed by atoms with Crippen LogP contribution in [0.25, 0.3) is 0 Å². The van der Waals surface area contributed by atoms with Crippen LogP contribution in [-0.2, 0) is 14.6 Å². The van der Waals surface area contributed by atoms with E-state index in [-0.39, 0.29) is 9.92 Å². The Morgan fingerprint density at radius 1 is 1.32 bits per heavy atom. The zero-order valence-electron chi connectivity index (χ0n) is 9.53. The number of hydrogen-bond donors (Lipinski definition) is 1. The minimum absolute atomic E-state index is 0.148. The van der Waals surface area contributed by atoms with Gasteiger partial charge in [-0.15, -0.1) is 0 Å². The number of halogens is 4.